The minimum absolute atomic E-state index is 0.00434. The van der Waals surface area contributed by atoms with E-state index in [-0.39, 0.29) is 11.8 Å². The quantitative estimate of drug-likeness (QED) is 0.894. The lowest BCUT2D eigenvalue weighted by molar-refractivity contribution is -0.123. The Kier molecular flexibility index (Phi) is 5.22. The first kappa shape index (κ1) is 16.5. The van der Waals surface area contributed by atoms with E-state index in [0.29, 0.717) is 29.0 Å². The van der Waals surface area contributed by atoms with Gasteiger partial charge in [-0.05, 0) is 42.7 Å². The Morgan fingerprint density at radius 3 is 2.55 bits per heavy atom. The van der Waals surface area contributed by atoms with Gasteiger partial charge in [-0.1, -0.05) is 39.3 Å². The Labute approximate surface area is 132 Å². The van der Waals surface area contributed by atoms with Crippen molar-refractivity contribution in [3.8, 4) is 0 Å². The molecule has 2 rings (SSSR count). The summed E-state index contributed by atoms with van der Waals surface area (Å²) >= 11 is 0. The second-order valence-corrected chi connectivity index (χ2v) is 6.83. The van der Waals surface area contributed by atoms with Gasteiger partial charge in [0.1, 0.15) is 0 Å². The molecule has 1 aromatic carbocycles. The summed E-state index contributed by atoms with van der Waals surface area (Å²) in [6.07, 6.45) is 3.19. The van der Waals surface area contributed by atoms with E-state index in [0.717, 1.165) is 12.8 Å². The maximum atomic E-state index is 12.7. The van der Waals surface area contributed by atoms with Crippen LogP contribution in [0.3, 0.4) is 0 Å². The van der Waals surface area contributed by atoms with E-state index in [9.17, 15) is 9.59 Å². The number of nitrogens with two attached hydrogens (primary N) is 1. The van der Waals surface area contributed by atoms with E-state index < -0.39 is 5.91 Å². The van der Waals surface area contributed by atoms with E-state index in [1.54, 1.807) is 24.3 Å². The number of primary amides is 1. The van der Waals surface area contributed by atoms with Gasteiger partial charge < -0.3 is 11.1 Å². The van der Waals surface area contributed by atoms with Gasteiger partial charge in [0.15, 0.2) is 0 Å². The Morgan fingerprint density at radius 1 is 1.23 bits per heavy atom. The SMILES string of the molecule is CC1CCC(C(C)C)C(C(=O)Nc2ccccc2C(N)=O)C1. The maximum absolute atomic E-state index is 12.7. The van der Waals surface area contributed by atoms with Gasteiger partial charge in [-0.25, -0.2) is 0 Å². The summed E-state index contributed by atoms with van der Waals surface area (Å²) in [4.78, 5) is 24.2. The lowest BCUT2D eigenvalue weighted by Gasteiger charge is -2.36. The molecule has 3 N–H and O–H groups in total. The van der Waals surface area contributed by atoms with E-state index >= 15 is 0 Å². The Hall–Kier alpha value is -1.84. The standard InChI is InChI=1S/C18H26N2O2/c1-11(2)13-9-8-12(3)10-15(13)18(22)20-16-7-5-4-6-14(16)17(19)21/h4-7,11-13,15H,8-10H2,1-3H3,(H2,19,21)(H,20,22). The molecule has 0 heterocycles. The van der Waals surface area contributed by atoms with Crippen molar-refractivity contribution in [1.82, 2.24) is 0 Å². The summed E-state index contributed by atoms with van der Waals surface area (Å²) in [5.41, 5.74) is 6.25. The molecule has 0 aliphatic heterocycles. The average molecular weight is 302 g/mol. The molecule has 3 atom stereocenters. The molecule has 22 heavy (non-hydrogen) atoms. The Bertz CT molecular complexity index is 554. The molecule has 0 spiro atoms. The molecule has 1 saturated carbocycles. The highest BCUT2D eigenvalue weighted by Crippen LogP contribution is 2.38. The first-order valence-electron chi connectivity index (χ1n) is 8.09. The average Bonchev–Trinajstić information content (AvgIpc) is 2.47. The second-order valence-electron chi connectivity index (χ2n) is 6.83. The van der Waals surface area contributed by atoms with Crippen LogP contribution < -0.4 is 11.1 Å². The van der Waals surface area contributed by atoms with Crippen LogP contribution in [0.5, 0.6) is 0 Å². The number of carbonyl (C=O) groups excluding carboxylic acids is 2. The summed E-state index contributed by atoms with van der Waals surface area (Å²) in [7, 11) is 0. The molecule has 0 bridgehead atoms. The number of rotatable bonds is 4. The number of para-hydroxylation sites is 1. The summed E-state index contributed by atoms with van der Waals surface area (Å²) in [6, 6.07) is 6.91. The van der Waals surface area contributed by atoms with Crippen molar-refractivity contribution in [2.45, 2.75) is 40.0 Å². The fourth-order valence-electron chi connectivity index (χ4n) is 3.54. The zero-order chi connectivity index (χ0) is 16.3. The highest BCUT2D eigenvalue weighted by atomic mass is 16.2. The van der Waals surface area contributed by atoms with Gasteiger partial charge in [0, 0.05) is 5.92 Å². The molecule has 1 aliphatic carbocycles. The van der Waals surface area contributed by atoms with Gasteiger partial charge in [0.05, 0.1) is 11.3 Å². The first-order chi connectivity index (χ1) is 10.4. The fourth-order valence-corrected chi connectivity index (χ4v) is 3.54. The van der Waals surface area contributed by atoms with Crippen LogP contribution in [0.15, 0.2) is 24.3 Å². The highest BCUT2D eigenvalue weighted by molar-refractivity contribution is 6.03. The molecule has 120 valence electrons. The summed E-state index contributed by atoms with van der Waals surface area (Å²) < 4.78 is 0. The number of nitrogens with one attached hydrogen (secondary N) is 1. The molecule has 4 heteroatoms. The monoisotopic (exact) mass is 302 g/mol. The van der Waals surface area contributed by atoms with Crippen molar-refractivity contribution >= 4 is 17.5 Å². The third-order valence-electron chi connectivity index (χ3n) is 4.81. The molecule has 0 aromatic heterocycles. The van der Waals surface area contributed by atoms with Crippen LogP contribution in [-0.4, -0.2) is 11.8 Å². The van der Waals surface area contributed by atoms with Crippen molar-refractivity contribution in [3.05, 3.63) is 29.8 Å². The van der Waals surface area contributed by atoms with Crippen molar-refractivity contribution in [3.63, 3.8) is 0 Å². The van der Waals surface area contributed by atoms with Crippen LogP contribution in [-0.2, 0) is 4.79 Å². The number of hydrogen-bond acceptors (Lipinski definition) is 2. The third kappa shape index (κ3) is 3.67. The van der Waals surface area contributed by atoms with Gasteiger partial charge >= 0.3 is 0 Å². The van der Waals surface area contributed by atoms with Crippen molar-refractivity contribution in [2.24, 2.45) is 29.4 Å². The Morgan fingerprint density at radius 2 is 1.91 bits per heavy atom. The van der Waals surface area contributed by atoms with E-state index in [1.807, 2.05) is 0 Å². The summed E-state index contributed by atoms with van der Waals surface area (Å²) in [5.74, 6) is 0.945. The van der Waals surface area contributed by atoms with Crippen LogP contribution in [0.25, 0.3) is 0 Å². The van der Waals surface area contributed by atoms with Gasteiger partial charge in [-0.15, -0.1) is 0 Å². The zero-order valence-electron chi connectivity index (χ0n) is 13.6. The third-order valence-corrected chi connectivity index (χ3v) is 4.81. The van der Waals surface area contributed by atoms with Crippen molar-refractivity contribution < 1.29 is 9.59 Å². The molecular formula is C18H26N2O2. The largest absolute Gasteiger partial charge is 0.366 e. The lowest BCUT2D eigenvalue weighted by Crippen LogP contribution is -2.37. The number of benzene rings is 1. The number of hydrogen-bond donors (Lipinski definition) is 2. The van der Waals surface area contributed by atoms with Crippen LogP contribution in [0.1, 0.15) is 50.4 Å². The number of anilines is 1. The molecule has 1 aromatic rings. The van der Waals surface area contributed by atoms with Crippen molar-refractivity contribution in [2.75, 3.05) is 5.32 Å². The van der Waals surface area contributed by atoms with Gasteiger partial charge in [-0.3, -0.25) is 9.59 Å². The number of amides is 2. The van der Waals surface area contributed by atoms with Crippen LogP contribution in [0, 0.1) is 23.7 Å². The van der Waals surface area contributed by atoms with Crippen LogP contribution in [0.2, 0.25) is 0 Å². The predicted molar refractivity (Wildman–Crippen MR) is 88.4 cm³/mol. The minimum Gasteiger partial charge on any atom is -0.366 e. The predicted octanol–water partition coefficient (Wildman–Crippen LogP) is 3.43. The Balaban J connectivity index is 2.18. The molecule has 0 radical (unpaired) electrons. The van der Waals surface area contributed by atoms with Crippen molar-refractivity contribution in [1.29, 1.82) is 0 Å². The smallest absolute Gasteiger partial charge is 0.250 e. The fraction of sp³-hybridized carbons (Fsp3) is 0.556. The molecular weight excluding hydrogens is 276 g/mol. The van der Waals surface area contributed by atoms with E-state index in [2.05, 4.69) is 26.1 Å². The first-order valence-corrected chi connectivity index (χ1v) is 8.09. The summed E-state index contributed by atoms with van der Waals surface area (Å²) in [5, 5.41) is 2.93. The number of carbonyl (C=O) groups is 2. The normalized spacial score (nSPS) is 25.0. The van der Waals surface area contributed by atoms with Gasteiger partial charge in [-0.2, -0.15) is 0 Å². The molecule has 1 fully saturated rings. The minimum atomic E-state index is -0.520. The summed E-state index contributed by atoms with van der Waals surface area (Å²) in [6.45, 7) is 6.56. The van der Waals surface area contributed by atoms with Gasteiger partial charge in [0.2, 0.25) is 5.91 Å². The van der Waals surface area contributed by atoms with E-state index in [1.165, 1.54) is 6.42 Å². The van der Waals surface area contributed by atoms with E-state index in [4.69, 9.17) is 5.73 Å². The molecule has 2 amide bonds. The topological polar surface area (TPSA) is 72.2 Å². The second kappa shape index (κ2) is 6.95. The zero-order valence-corrected chi connectivity index (χ0v) is 13.6. The van der Waals surface area contributed by atoms with Crippen LogP contribution >= 0.6 is 0 Å². The molecule has 4 nitrogen and oxygen atoms in total. The molecule has 3 unspecified atom stereocenters. The van der Waals surface area contributed by atoms with Gasteiger partial charge in [0.25, 0.3) is 5.91 Å². The van der Waals surface area contributed by atoms with Crippen LogP contribution in [0.4, 0.5) is 5.69 Å². The molecule has 1 aliphatic rings. The maximum Gasteiger partial charge on any atom is 0.250 e. The molecule has 0 saturated heterocycles. The highest BCUT2D eigenvalue weighted by Gasteiger charge is 2.35. The lowest BCUT2D eigenvalue weighted by atomic mass is 9.70.